The lowest BCUT2D eigenvalue weighted by Crippen LogP contribution is -2.50. The number of anilines is 1. The lowest BCUT2D eigenvalue weighted by molar-refractivity contribution is 0.380. The van der Waals surface area contributed by atoms with Crippen molar-refractivity contribution in [2.75, 3.05) is 31.1 Å². The molecule has 5 nitrogen and oxygen atoms in total. The quantitative estimate of drug-likeness (QED) is 0.819. The molecule has 0 spiro atoms. The first-order chi connectivity index (χ1) is 8.51. The van der Waals surface area contributed by atoms with Crippen LogP contribution in [0.2, 0.25) is 0 Å². The van der Waals surface area contributed by atoms with Crippen LogP contribution in [0.1, 0.15) is 13.8 Å². The Morgan fingerprint density at radius 1 is 1.17 bits per heavy atom. The third-order valence-electron chi connectivity index (χ3n) is 3.17. The number of nitrogens with zero attached hydrogens (tertiary/aromatic N) is 3. The maximum Gasteiger partial charge on any atom is 0.216 e. The van der Waals surface area contributed by atoms with Crippen molar-refractivity contribution in [3.05, 3.63) is 24.4 Å². The number of pyridine rings is 1. The fourth-order valence-corrected chi connectivity index (χ4v) is 3.28. The summed E-state index contributed by atoms with van der Waals surface area (Å²) in [5.74, 6) is 0.916. The molecule has 0 radical (unpaired) electrons. The average molecular weight is 269 g/mol. The lowest BCUT2D eigenvalue weighted by Gasteiger charge is -2.35. The summed E-state index contributed by atoms with van der Waals surface area (Å²) >= 11 is 0. The second kappa shape index (κ2) is 5.24. The van der Waals surface area contributed by atoms with E-state index in [-0.39, 0.29) is 5.25 Å². The fraction of sp³-hybridized carbons (Fsp3) is 0.583. The van der Waals surface area contributed by atoms with Crippen molar-refractivity contribution in [3.8, 4) is 0 Å². The number of sulfonamides is 1. The summed E-state index contributed by atoms with van der Waals surface area (Å²) in [6.07, 6.45) is 1.76. The summed E-state index contributed by atoms with van der Waals surface area (Å²) in [5.41, 5.74) is 0. The Hall–Kier alpha value is -1.14. The molecule has 0 amide bonds. The molecule has 0 bridgehead atoms. The molecule has 0 N–H and O–H groups in total. The van der Waals surface area contributed by atoms with Gasteiger partial charge in [0.25, 0.3) is 0 Å². The van der Waals surface area contributed by atoms with Crippen molar-refractivity contribution in [3.63, 3.8) is 0 Å². The molecule has 1 fully saturated rings. The first kappa shape index (κ1) is 13.3. The lowest BCUT2D eigenvalue weighted by atomic mass is 10.3. The SMILES string of the molecule is CC(C)S(=O)(=O)N1CCN(c2ccccn2)CC1. The predicted molar refractivity (Wildman–Crippen MR) is 72.1 cm³/mol. The van der Waals surface area contributed by atoms with Crippen molar-refractivity contribution in [2.24, 2.45) is 0 Å². The standard InChI is InChI=1S/C12H19N3O2S/c1-11(2)18(16,17)15-9-7-14(8-10-15)12-5-3-4-6-13-12/h3-6,11H,7-10H2,1-2H3. The van der Waals surface area contributed by atoms with Crippen LogP contribution in [0.3, 0.4) is 0 Å². The Morgan fingerprint density at radius 3 is 2.33 bits per heavy atom. The number of hydrogen-bond donors (Lipinski definition) is 0. The Balaban J connectivity index is 2.01. The Kier molecular flexibility index (Phi) is 3.87. The highest BCUT2D eigenvalue weighted by molar-refractivity contribution is 7.89. The van der Waals surface area contributed by atoms with E-state index in [2.05, 4.69) is 9.88 Å². The minimum Gasteiger partial charge on any atom is -0.354 e. The van der Waals surface area contributed by atoms with Gasteiger partial charge in [-0.2, -0.15) is 4.31 Å². The van der Waals surface area contributed by atoms with E-state index in [1.807, 2.05) is 18.2 Å². The molecule has 18 heavy (non-hydrogen) atoms. The molecule has 0 saturated carbocycles. The van der Waals surface area contributed by atoms with Gasteiger partial charge in [0.1, 0.15) is 5.82 Å². The van der Waals surface area contributed by atoms with Crippen molar-refractivity contribution >= 4 is 15.8 Å². The minimum absolute atomic E-state index is 0.348. The van der Waals surface area contributed by atoms with E-state index in [1.54, 1.807) is 24.3 Å². The summed E-state index contributed by atoms with van der Waals surface area (Å²) in [4.78, 5) is 6.40. The molecule has 0 atom stereocenters. The molecule has 0 aromatic carbocycles. The molecular formula is C12H19N3O2S. The molecule has 1 aromatic rings. The van der Waals surface area contributed by atoms with Crippen LogP contribution in [0.25, 0.3) is 0 Å². The highest BCUT2D eigenvalue weighted by atomic mass is 32.2. The highest BCUT2D eigenvalue weighted by Crippen LogP contribution is 2.16. The van der Waals surface area contributed by atoms with Crippen LogP contribution in [0.15, 0.2) is 24.4 Å². The van der Waals surface area contributed by atoms with Gasteiger partial charge in [-0.3, -0.25) is 0 Å². The minimum atomic E-state index is -3.12. The van der Waals surface area contributed by atoms with Gasteiger partial charge < -0.3 is 4.90 Å². The summed E-state index contributed by atoms with van der Waals surface area (Å²) < 4.78 is 25.6. The average Bonchev–Trinajstić information content (AvgIpc) is 2.40. The van der Waals surface area contributed by atoms with Gasteiger partial charge in [-0.05, 0) is 26.0 Å². The monoisotopic (exact) mass is 269 g/mol. The first-order valence-corrected chi connectivity index (χ1v) is 7.67. The van der Waals surface area contributed by atoms with Gasteiger partial charge in [-0.1, -0.05) is 6.07 Å². The maximum atomic E-state index is 12.0. The van der Waals surface area contributed by atoms with Gasteiger partial charge in [0.05, 0.1) is 5.25 Å². The molecule has 0 aliphatic carbocycles. The molecule has 100 valence electrons. The second-order valence-corrected chi connectivity index (χ2v) is 7.16. The normalized spacial score (nSPS) is 18.3. The van der Waals surface area contributed by atoms with Crippen LogP contribution in [-0.2, 0) is 10.0 Å². The van der Waals surface area contributed by atoms with Crippen molar-refractivity contribution in [1.82, 2.24) is 9.29 Å². The molecule has 1 aliphatic rings. The van der Waals surface area contributed by atoms with Crippen LogP contribution < -0.4 is 4.90 Å². The van der Waals surface area contributed by atoms with Gasteiger partial charge in [0, 0.05) is 32.4 Å². The Labute approximate surface area is 108 Å². The number of piperazine rings is 1. The summed E-state index contributed by atoms with van der Waals surface area (Å²) in [7, 11) is -3.12. The Bertz CT molecular complexity index is 479. The zero-order valence-electron chi connectivity index (χ0n) is 10.8. The van der Waals surface area contributed by atoms with Crippen LogP contribution in [0, 0.1) is 0 Å². The second-order valence-electron chi connectivity index (χ2n) is 4.67. The van der Waals surface area contributed by atoms with Gasteiger partial charge in [0.15, 0.2) is 0 Å². The van der Waals surface area contributed by atoms with Crippen molar-refractivity contribution in [1.29, 1.82) is 0 Å². The van der Waals surface area contributed by atoms with Gasteiger partial charge >= 0.3 is 0 Å². The van der Waals surface area contributed by atoms with Crippen molar-refractivity contribution < 1.29 is 8.42 Å². The van der Waals surface area contributed by atoms with Gasteiger partial charge in [-0.15, -0.1) is 0 Å². The van der Waals surface area contributed by atoms with E-state index in [4.69, 9.17) is 0 Å². The molecule has 6 heteroatoms. The Morgan fingerprint density at radius 2 is 1.83 bits per heavy atom. The van der Waals surface area contributed by atoms with E-state index in [0.717, 1.165) is 5.82 Å². The first-order valence-electron chi connectivity index (χ1n) is 6.17. The molecule has 0 unspecified atom stereocenters. The third-order valence-corrected chi connectivity index (χ3v) is 5.44. The largest absolute Gasteiger partial charge is 0.354 e. The molecule has 1 aromatic heterocycles. The molecule has 2 heterocycles. The van der Waals surface area contributed by atoms with Crippen LogP contribution in [0.5, 0.6) is 0 Å². The third kappa shape index (κ3) is 2.64. The van der Waals surface area contributed by atoms with E-state index in [9.17, 15) is 8.42 Å². The van der Waals surface area contributed by atoms with Crippen LogP contribution >= 0.6 is 0 Å². The van der Waals surface area contributed by atoms with Crippen LogP contribution in [-0.4, -0.2) is 49.1 Å². The zero-order valence-corrected chi connectivity index (χ0v) is 11.6. The number of aromatic nitrogens is 1. The van der Waals surface area contributed by atoms with E-state index in [0.29, 0.717) is 26.2 Å². The topological polar surface area (TPSA) is 53.5 Å². The fourth-order valence-electron chi connectivity index (χ4n) is 2.01. The van der Waals surface area contributed by atoms with Gasteiger partial charge in [-0.25, -0.2) is 13.4 Å². The molecule has 2 rings (SSSR count). The number of hydrogen-bond acceptors (Lipinski definition) is 4. The van der Waals surface area contributed by atoms with Gasteiger partial charge in [0.2, 0.25) is 10.0 Å². The summed E-state index contributed by atoms with van der Waals surface area (Å²) in [5, 5.41) is -0.348. The van der Waals surface area contributed by atoms with E-state index in [1.165, 1.54) is 0 Å². The molecule has 1 aliphatic heterocycles. The maximum absolute atomic E-state index is 12.0. The molecular weight excluding hydrogens is 250 g/mol. The van der Waals surface area contributed by atoms with Crippen molar-refractivity contribution in [2.45, 2.75) is 19.1 Å². The van der Waals surface area contributed by atoms with E-state index >= 15 is 0 Å². The smallest absolute Gasteiger partial charge is 0.216 e. The molecule has 1 saturated heterocycles. The summed E-state index contributed by atoms with van der Waals surface area (Å²) in [6, 6.07) is 5.77. The summed E-state index contributed by atoms with van der Waals surface area (Å²) in [6.45, 7) is 5.92. The number of rotatable bonds is 3. The highest BCUT2D eigenvalue weighted by Gasteiger charge is 2.29. The zero-order chi connectivity index (χ0) is 13.2. The van der Waals surface area contributed by atoms with E-state index < -0.39 is 10.0 Å². The van der Waals surface area contributed by atoms with Crippen LogP contribution in [0.4, 0.5) is 5.82 Å². The predicted octanol–water partition coefficient (Wildman–Crippen LogP) is 0.942.